The summed E-state index contributed by atoms with van der Waals surface area (Å²) in [4.78, 5) is 4.18. The molecule has 0 saturated carbocycles. The van der Waals surface area contributed by atoms with Crippen LogP contribution in [0.3, 0.4) is 0 Å². The van der Waals surface area contributed by atoms with Gasteiger partial charge in [-0.05, 0) is 26.0 Å². The predicted octanol–water partition coefficient (Wildman–Crippen LogP) is 1.87. The van der Waals surface area contributed by atoms with E-state index in [9.17, 15) is 0 Å². The van der Waals surface area contributed by atoms with Gasteiger partial charge in [-0.15, -0.1) is 5.10 Å². The number of rotatable bonds is 3. The normalized spacial score (nSPS) is 10.2. The fraction of sp³-hybridized carbons (Fsp3) is 0.250. The number of methoxy groups -OCH3 is 1. The zero-order chi connectivity index (χ0) is 13.1. The van der Waals surface area contributed by atoms with Gasteiger partial charge < -0.3 is 15.2 Å². The second-order valence-electron chi connectivity index (χ2n) is 3.78. The topological polar surface area (TPSA) is 83.2 Å². The maximum Gasteiger partial charge on any atom is 0.341 e. The van der Waals surface area contributed by atoms with Crippen molar-refractivity contribution in [3.63, 3.8) is 0 Å². The molecule has 0 amide bonds. The second-order valence-corrected chi connectivity index (χ2v) is 3.78. The zero-order valence-electron chi connectivity index (χ0n) is 10.5. The van der Waals surface area contributed by atoms with Gasteiger partial charge in [0.1, 0.15) is 0 Å². The Morgan fingerprint density at radius 1 is 1.06 bits per heavy atom. The highest BCUT2D eigenvalue weighted by Crippen LogP contribution is 2.31. The highest BCUT2D eigenvalue weighted by molar-refractivity contribution is 5.52. The Labute approximate surface area is 105 Å². The summed E-state index contributed by atoms with van der Waals surface area (Å²) in [5.74, 6) is 1.02. The molecular weight excluding hydrogens is 232 g/mol. The van der Waals surface area contributed by atoms with Crippen LogP contribution in [0.5, 0.6) is 17.5 Å². The molecule has 6 heteroatoms. The fourth-order valence-corrected chi connectivity index (χ4v) is 1.35. The third-order valence-electron chi connectivity index (χ3n) is 2.46. The van der Waals surface area contributed by atoms with Crippen molar-refractivity contribution in [3.05, 3.63) is 29.6 Å². The Hall–Kier alpha value is -2.37. The smallest absolute Gasteiger partial charge is 0.341 e. The van der Waals surface area contributed by atoms with Crippen LogP contribution in [0.1, 0.15) is 11.4 Å². The van der Waals surface area contributed by atoms with E-state index in [1.807, 2.05) is 13.8 Å². The molecular formula is C12H14N4O2. The molecule has 0 spiro atoms. The molecule has 0 saturated heterocycles. The van der Waals surface area contributed by atoms with Gasteiger partial charge in [-0.1, -0.05) is 5.10 Å². The second kappa shape index (κ2) is 4.87. The van der Waals surface area contributed by atoms with Crippen molar-refractivity contribution in [2.75, 3.05) is 12.8 Å². The Morgan fingerprint density at radius 2 is 1.83 bits per heavy atom. The summed E-state index contributed by atoms with van der Waals surface area (Å²) >= 11 is 0. The SMILES string of the molecule is COc1ccc(N)cc1Oc1nnc(C)c(C)n1. The molecule has 1 aromatic carbocycles. The average molecular weight is 246 g/mol. The van der Waals surface area contributed by atoms with Crippen molar-refractivity contribution >= 4 is 5.69 Å². The minimum absolute atomic E-state index is 0.169. The lowest BCUT2D eigenvalue weighted by molar-refractivity contribution is 0.365. The lowest BCUT2D eigenvalue weighted by atomic mass is 10.3. The van der Waals surface area contributed by atoms with E-state index >= 15 is 0 Å². The third kappa shape index (κ3) is 2.48. The molecule has 6 nitrogen and oxygen atoms in total. The number of hydrogen-bond acceptors (Lipinski definition) is 6. The number of nitrogen functional groups attached to an aromatic ring is 1. The number of aryl methyl sites for hydroxylation is 2. The van der Waals surface area contributed by atoms with Crippen LogP contribution in [0, 0.1) is 13.8 Å². The van der Waals surface area contributed by atoms with Crippen molar-refractivity contribution in [3.8, 4) is 17.5 Å². The number of nitrogens with two attached hydrogens (primary N) is 1. The minimum atomic E-state index is 0.169. The summed E-state index contributed by atoms with van der Waals surface area (Å²) < 4.78 is 10.7. The highest BCUT2D eigenvalue weighted by atomic mass is 16.5. The molecule has 0 bridgehead atoms. The van der Waals surface area contributed by atoms with Gasteiger partial charge in [-0.2, -0.15) is 4.98 Å². The van der Waals surface area contributed by atoms with Gasteiger partial charge >= 0.3 is 6.01 Å². The van der Waals surface area contributed by atoms with Gasteiger partial charge in [0.05, 0.1) is 18.5 Å². The standard InChI is InChI=1S/C12H14N4O2/c1-7-8(2)15-16-12(14-7)18-11-6-9(13)4-5-10(11)17-3/h4-6H,13H2,1-3H3. The molecule has 2 N–H and O–H groups in total. The summed E-state index contributed by atoms with van der Waals surface area (Å²) in [5, 5.41) is 7.80. The van der Waals surface area contributed by atoms with E-state index < -0.39 is 0 Å². The molecule has 94 valence electrons. The molecule has 0 aliphatic rings. The molecule has 0 atom stereocenters. The third-order valence-corrected chi connectivity index (χ3v) is 2.46. The van der Waals surface area contributed by atoms with Crippen LogP contribution in [0.25, 0.3) is 0 Å². The van der Waals surface area contributed by atoms with E-state index in [0.717, 1.165) is 11.4 Å². The van der Waals surface area contributed by atoms with Gasteiger partial charge in [-0.3, -0.25) is 0 Å². The molecule has 0 radical (unpaired) electrons. The largest absolute Gasteiger partial charge is 0.493 e. The van der Waals surface area contributed by atoms with Gasteiger partial charge in [-0.25, -0.2) is 0 Å². The van der Waals surface area contributed by atoms with Crippen LogP contribution in [0.2, 0.25) is 0 Å². The van der Waals surface area contributed by atoms with Crippen LogP contribution >= 0.6 is 0 Å². The molecule has 0 aliphatic carbocycles. The molecule has 0 aliphatic heterocycles. The molecule has 1 heterocycles. The monoisotopic (exact) mass is 246 g/mol. The maximum absolute atomic E-state index is 5.70. The predicted molar refractivity (Wildman–Crippen MR) is 66.8 cm³/mol. The van der Waals surface area contributed by atoms with E-state index in [-0.39, 0.29) is 6.01 Å². The highest BCUT2D eigenvalue weighted by Gasteiger charge is 2.09. The van der Waals surface area contributed by atoms with Crippen molar-refractivity contribution in [2.45, 2.75) is 13.8 Å². The van der Waals surface area contributed by atoms with Gasteiger partial charge in [0.2, 0.25) is 0 Å². The summed E-state index contributed by atoms with van der Waals surface area (Å²) in [6.45, 7) is 3.67. The molecule has 18 heavy (non-hydrogen) atoms. The van der Waals surface area contributed by atoms with E-state index in [4.69, 9.17) is 15.2 Å². The number of hydrogen-bond donors (Lipinski definition) is 1. The minimum Gasteiger partial charge on any atom is -0.493 e. The van der Waals surface area contributed by atoms with Crippen molar-refractivity contribution in [1.82, 2.24) is 15.2 Å². The first kappa shape index (κ1) is 12.1. The first-order valence-electron chi connectivity index (χ1n) is 5.39. The van der Waals surface area contributed by atoms with Crippen LogP contribution in [0.4, 0.5) is 5.69 Å². The number of nitrogens with zero attached hydrogens (tertiary/aromatic N) is 3. The lowest BCUT2D eigenvalue weighted by Gasteiger charge is -2.09. The Balaban J connectivity index is 2.33. The summed E-state index contributed by atoms with van der Waals surface area (Å²) in [5.41, 5.74) is 7.80. The van der Waals surface area contributed by atoms with Crippen LogP contribution in [0.15, 0.2) is 18.2 Å². The molecule has 2 rings (SSSR count). The van der Waals surface area contributed by atoms with Crippen LogP contribution in [-0.2, 0) is 0 Å². The van der Waals surface area contributed by atoms with E-state index in [0.29, 0.717) is 17.2 Å². The molecule has 0 unspecified atom stereocenters. The van der Waals surface area contributed by atoms with Gasteiger partial charge in [0, 0.05) is 11.8 Å². The average Bonchev–Trinajstić information content (AvgIpc) is 2.34. The number of anilines is 1. The van der Waals surface area contributed by atoms with Crippen molar-refractivity contribution in [1.29, 1.82) is 0 Å². The quantitative estimate of drug-likeness (QED) is 0.832. The Kier molecular flexibility index (Phi) is 3.27. The number of aromatic nitrogens is 3. The first-order valence-corrected chi connectivity index (χ1v) is 5.39. The molecule has 0 fully saturated rings. The van der Waals surface area contributed by atoms with Gasteiger partial charge in [0.15, 0.2) is 11.5 Å². The van der Waals surface area contributed by atoms with Crippen molar-refractivity contribution in [2.24, 2.45) is 0 Å². The lowest BCUT2D eigenvalue weighted by Crippen LogP contribution is -2.00. The van der Waals surface area contributed by atoms with E-state index in [1.54, 1.807) is 25.3 Å². The summed E-state index contributed by atoms with van der Waals surface area (Å²) in [6.07, 6.45) is 0. The summed E-state index contributed by atoms with van der Waals surface area (Å²) in [6, 6.07) is 5.27. The number of ether oxygens (including phenoxy) is 2. The van der Waals surface area contributed by atoms with Crippen LogP contribution in [-0.4, -0.2) is 22.3 Å². The van der Waals surface area contributed by atoms with E-state index in [1.165, 1.54) is 0 Å². The number of benzene rings is 1. The fourth-order valence-electron chi connectivity index (χ4n) is 1.35. The molecule has 2 aromatic rings. The molecule has 1 aromatic heterocycles. The summed E-state index contributed by atoms with van der Waals surface area (Å²) in [7, 11) is 1.55. The maximum atomic E-state index is 5.70. The van der Waals surface area contributed by atoms with E-state index in [2.05, 4.69) is 15.2 Å². The van der Waals surface area contributed by atoms with Gasteiger partial charge in [0.25, 0.3) is 0 Å². The zero-order valence-corrected chi connectivity index (χ0v) is 10.5. The Bertz CT molecular complexity index is 572. The Morgan fingerprint density at radius 3 is 2.50 bits per heavy atom. The van der Waals surface area contributed by atoms with Crippen LogP contribution < -0.4 is 15.2 Å². The van der Waals surface area contributed by atoms with Crippen molar-refractivity contribution < 1.29 is 9.47 Å². The first-order chi connectivity index (χ1) is 8.60.